The van der Waals surface area contributed by atoms with E-state index < -0.39 is 21.9 Å². The minimum Gasteiger partial charge on any atom is -0.331 e. The molecule has 1 aromatic carbocycles. The summed E-state index contributed by atoms with van der Waals surface area (Å²) in [5.41, 5.74) is 1.76. The van der Waals surface area contributed by atoms with Gasteiger partial charge < -0.3 is 9.47 Å². The number of halogens is 1. The van der Waals surface area contributed by atoms with Crippen LogP contribution in [0.3, 0.4) is 0 Å². The molecule has 2 heterocycles. The third-order valence-corrected chi connectivity index (χ3v) is 5.03. The maximum absolute atomic E-state index is 12.8. The molecule has 1 saturated heterocycles. The summed E-state index contributed by atoms with van der Waals surface area (Å²) >= 11 is 0. The molecule has 1 atom stereocenters. The van der Waals surface area contributed by atoms with E-state index >= 15 is 0 Å². The number of carbonyl (C=O) groups excluding carboxylic acids is 1. The summed E-state index contributed by atoms with van der Waals surface area (Å²) in [6, 6.07) is 7.49. The molecule has 0 N–H and O–H groups in total. The van der Waals surface area contributed by atoms with Crippen LogP contribution < -0.4 is 4.90 Å². The summed E-state index contributed by atoms with van der Waals surface area (Å²) in [5, 5.41) is 0. The fourth-order valence-corrected chi connectivity index (χ4v) is 3.76. The monoisotopic (exact) mass is 351 g/mol. The van der Waals surface area contributed by atoms with Gasteiger partial charge in [0.2, 0.25) is 5.91 Å². The van der Waals surface area contributed by atoms with Crippen molar-refractivity contribution in [2.45, 2.75) is 19.9 Å². The lowest BCUT2D eigenvalue weighted by Gasteiger charge is -2.17. The highest BCUT2D eigenvalue weighted by Crippen LogP contribution is 2.26. The molecule has 128 valence electrons. The van der Waals surface area contributed by atoms with Crippen LogP contribution >= 0.6 is 0 Å². The van der Waals surface area contributed by atoms with Gasteiger partial charge in [0.1, 0.15) is 5.82 Å². The molecular weight excluding hydrogens is 333 g/mol. The van der Waals surface area contributed by atoms with Gasteiger partial charge in [-0.2, -0.15) is 8.42 Å². The Bertz CT molecular complexity index is 846. The van der Waals surface area contributed by atoms with Crippen molar-refractivity contribution >= 4 is 21.8 Å². The van der Waals surface area contributed by atoms with Crippen LogP contribution in [0.5, 0.6) is 0 Å². The molecule has 24 heavy (non-hydrogen) atoms. The highest BCUT2D eigenvalue weighted by atomic mass is 32.3. The van der Waals surface area contributed by atoms with Crippen molar-refractivity contribution in [1.29, 1.82) is 0 Å². The zero-order valence-corrected chi connectivity index (χ0v) is 14.0. The van der Waals surface area contributed by atoms with Gasteiger partial charge in [-0.3, -0.25) is 4.79 Å². The number of imidazole rings is 1. The van der Waals surface area contributed by atoms with Crippen molar-refractivity contribution in [2.75, 3.05) is 17.2 Å². The molecule has 0 radical (unpaired) electrons. The van der Waals surface area contributed by atoms with Crippen molar-refractivity contribution in [3.8, 4) is 0 Å². The second kappa shape index (κ2) is 6.35. The van der Waals surface area contributed by atoms with Crippen molar-refractivity contribution in [3.63, 3.8) is 0 Å². The van der Waals surface area contributed by atoms with E-state index in [0.717, 1.165) is 11.4 Å². The van der Waals surface area contributed by atoms with Crippen LogP contribution in [0.4, 0.5) is 9.57 Å². The van der Waals surface area contributed by atoms with E-state index in [1.54, 1.807) is 6.20 Å². The minimum atomic E-state index is -4.56. The summed E-state index contributed by atoms with van der Waals surface area (Å²) in [6.07, 6.45) is 3.69. The third kappa shape index (κ3) is 3.81. The number of aryl methyl sites for hydroxylation is 1. The third-order valence-electron chi connectivity index (χ3n) is 4.16. The summed E-state index contributed by atoms with van der Waals surface area (Å²) in [6.45, 7) is 2.83. The average Bonchev–Trinajstić information content (AvgIpc) is 3.04. The fourth-order valence-electron chi connectivity index (χ4n) is 2.97. The lowest BCUT2D eigenvalue weighted by Crippen LogP contribution is -2.25. The predicted molar refractivity (Wildman–Crippen MR) is 87.9 cm³/mol. The minimum absolute atomic E-state index is 0.0547. The van der Waals surface area contributed by atoms with Crippen LogP contribution in [0.1, 0.15) is 17.8 Å². The highest BCUT2D eigenvalue weighted by molar-refractivity contribution is 7.86. The standard InChI is InChI=1S/C16H18FN3O3S/c1-12-18-6-7-19(12)9-13-2-4-15(5-3-13)20-10-14(8-16(20)21)11-24(17,22)23/h2-7,14H,8-11H2,1H3. The molecule has 1 amide bonds. The number of hydrogen-bond donors (Lipinski definition) is 0. The normalized spacial score (nSPS) is 18.3. The fraction of sp³-hybridized carbons (Fsp3) is 0.375. The molecule has 0 spiro atoms. The average molecular weight is 351 g/mol. The number of nitrogens with zero attached hydrogens (tertiary/aromatic N) is 3. The van der Waals surface area contributed by atoms with Crippen molar-refractivity contribution in [1.82, 2.24) is 9.55 Å². The lowest BCUT2D eigenvalue weighted by atomic mass is 10.1. The first kappa shape index (κ1) is 16.6. The molecule has 1 fully saturated rings. The second-order valence-corrected chi connectivity index (χ2v) is 7.46. The Kier molecular flexibility index (Phi) is 4.40. The van der Waals surface area contributed by atoms with Gasteiger partial charge in [0.05, 0.1) is 5.75 Å². The Morgan fingerprint density at radius 1 is 1.29 bits per heavy atom. The number of amides is 1. The lowest BCUT2D eigenvalue weighted by molar-refractivity contribution is -0.117. The number of hydrogen-bond acceptors (Lipinski definition) is 4. The predicted octanol–water partition coefficient (Wildman–Crippen LogP) is 1.89. The van der Waals surface area contributed by atoms with E-state index in [4.69, 9.17) is 0 Å². The van der Waals surface area contributed by atoms with Gasteiger partial charge in [0.25, 0.3) is 0 Å². The molecule has 1 aliphatic heterocycles. The number of anilines is 1. The molecule has 2 aromatic rings. The van der Waals surface area contributed by atoms with Gasteiger partial charge in [-0.1, -0.05) is 12.1 Å². The smallest absolute Gasteiger partial charge is 0.302 e. The molecular formula is C16H18FN3O3S. The van der Waals surface area contributed by atoms with Gasteiger partial charge in [0, 0.05) is 43.5 Å². The van der Waals surface area contributed by atoms with Crippen LogP contribution in [0.15, 0.2) is 36.7 Å². The van der Waals surface area contributed by atoms with Crippen LogP contribution in [0.25, 0.3) is 0 Å². The van der Waals surface area contributed by atoms with E-state index in [9.17, 15) is 17.1 Å². The Morgan fingerprint density at radius 3 is 2.58 bits per heavy atom. The van der Waals surface area contributed by atoms with E-state index in [1.165, 1.54) is 4.90 Å². The molecule has 1 aliphatic rings. The summed E-state index contributed by atoms with van der Waals surface area (Å²) in [5.74, 6) is -0.362. The van der Waals surface area contributed by atoms with E-state index in [-0.39, 0.29) is 18.9 Å². The molecule has 0 saturated carbocycles. The molecule has 3 rings (SSSR count). The molecule has 1 unspecified atom stereocenters. The Labute approximate surface area is 140 Å². The number of benzene rings is 1. The largest absolute Gasteiger partial charge is 0.331 e. The first-order chi connectivity index (χ1) is 11.3. The molecule has 0 bridgehead atoms. The van der Waals surface area contributed by atoms with Crippen LogP contribution in [0, 0.1) is 12.8 Å². The zero-order chi connectivity index (χ0) is 17.3. The topological polar surface area (TPSA) is 72.3 Å². The Morgan fingerprint density at radius 2 is 2.00 bits per heavy atom. The van der Waals surface area contributed by atoms with E-state index in [0.29, 0.717) is 12.2 Å². The maximum atomic E-state index is 12.8. The highest BCUT2D eigenvalue weighted by Gasteiger charge is 2.33. The van der Waals surface area contributed by atoms with Crippen LogP contribution in [-0.4, -0.2) is 36.2 Å². The van der Waals surface area contributed by atoms with Gasteiger partial charge >= 0.3 is 10.2 Å². The Hall–Kier alpha value is -2.22. The van der Waals surface area contributed by atoms with Crippen molar-refractivity contribution in [3.05, 3.63) is 48.0 Å². The first-order valence-electron chi connectivity index (χ1n) is 7.61. The maximum Gasteiger partial charge on any atom is 0.302 e. The van der Waals surface area contributed by atoms with Gasteiger partial charge in [-0.15, -0.1) is 3.89 Å². The zero-order valence-electron chi connectivity index (χ0n) is 13.2. The number of carbonyl (C=O) groups is 1. The van der Waals surface area contributed by atoms with Gasteiger partial charge in [-0.25, -0.2) is 4.98 Å². The quantitative estimate of drug-likeness (QED) is 0.771. The van der Waals surface area contributed by atoms with Crippen LogP contribution in [0.2, 0.25) is 0 Å². The van der Waals surface area contributed by atoms with Crippen molar-refractivity contribution in [2.24, 2.45) is 5.92 Å². The van der Waals surface area contributed by atoms with Gasteiger partial charge in [-0.05, 0) is 24.6 Å². The van der Waals surface area contributed by atoms with E-state index in [2.05, 4.69) is 4.98 Å². The summed E-state index contributed by atoms with van der Waals surface area (Å²) in [7, 11) is -4.56. The number of aromatic nitrogens is 2. The summed E-state index contributed by atoms with van der Waals surface area (Å²) < 4.78 is 36.3. The molecule has 1 aromatic heterocycles. The SMILES string of the molecule is Cc1nccn1Cc1ccc(N2CC(CS(=O)(=O)F)CC2=O)cc1. The molecule has 6 nitrogen and oxygen atoms in total. The van der Waals surface area contributed by atoms with Crippen molar-refractivity contribution < 1.29 is 17.1 Å². The molecule has 8 heteroatoms. The molecule has 0 aliphatic carbocycles. The Balaban J connectivity index is 1.69. The summed E-state index contributed by atoms with van der Waals surface area (Å²) in [4.78, 5) is 17.7. The number of rotatable bonds is 5. The van der Waals surface area contributed by atoms with Crippen LogP contribution in [-0.2, 0) is 21.6 Å². The first-order valence-corrected chi connectivity index (χ1v) is 9.16. The van der Waals surface area contributed by atoms with Gasteiger partial charge in [0.15, 0.2) is 0 Å². The van der Waals surface area contributed by atoms with E-state index in [1.807, 2.05) is 42.0 Å². The second-order valence-electron chi connectivity index (χ2n) is 6.05.